The molecule has 0 N–H and O–H groups in total. The predicted molar refractivity (Wildman–Crippen MR) is 109 cm³/mol. The van der Waals surface area contributed by atoms with Gasteiger partial charge in [0, 0.05) is 24.8 Å². The third kappa shape index (κ3) is 3.25. The molecule has 150 valence electrons. The molecule has 0 amide bonds. The molecule has 5 rings (SSSR count). The van der Waals surface area contributed by atoms with E-state index in [4.69, 9.17) is 9.47 Å². The van der Waals surface area contributed by atoms with Crippen molar-refractivity contribution < 1.29 is 18.7 Å². The highest BCUT2D eigenvalue weighted by Crippen LogP contribution is 2.44. The molecule has 2 aromatic carbocycles. The zero-order valence-electron chi connectivity index (χ0n) is 16.4. The molecule has 0 spiro atoms. The number of benzene rings is 2. The Kier molecular flexibility index (Phi) is 4.56. The SMILES string of the molecule is Cc1cc2c(c3c1C(=O)/C(=C/c1ccccc1F)O3)CN(Cc1ccccn1)CO2. The average Bonchev–Trinajstić information content (AvgIpc) is 3.08. The highest BCUT2D eigenvalue weighted by atomic mass is 19.1. The van der Waals surface area contributed by atoms with Gasteiger partial charge in [-0.25, -0.2) is 4.39 Å². The summed E-state index contributed by atoms with van der Waals surface area (Å²) in [5.41, 5.74) is 3.37. The Balaban J connectivity index is 1.49. The molecule has 1 aromatic heterocycles. The van der Waals surface area contributed by atoms with Gasteiger partial charge >= 0.3 is 0 Å². The standard InChI is InChI=1S/C24H19FN2O3/c1-15-10-20-18(13-27(14-29-20)12-17-7-4-5-9-26-17)24-22(15)23(28)21(30-24)11-16-6-2-3-8-19(16)25/h2-11H,12-14H2,1H3/b21-11-. The van der Waals surface area contributed by atoms with Crippen LogP contribution in [0.2, 0.25) is 0 Å². The maximum atomic E-state index is 14.1. The van der Waals surface area contributed by atoms with Crippen LogP contribution < -0.4 is 9.47 Å². The van der Waals surface area contributed by atoms with E-state index in [1.54, 1.807) is 24.4 Å². The van der Waals surface area contributed by atoms with Crippen LogP contribution in [0.5, 0.6) is 11.5 Å². The number of pyridine rings is 1. The Hall–Kier alpha value is -3.51. The van der Waals surface area contributed by atoms with Crippen LogP contribution in [0.25, 0.3) is 6.08 Å². The van der Waals surface area contributed by atoms with Crippen molar-refractivity contribution in [2.24, 2.45) is 0 Å². The van der Waals surface area contributed by atoms with Crippen molar-refractivity contribution in [1.82, 2.24) is 9.88 Å². The minimum Gasteiger partial charge on any atom is -0.478 e. The van der Waals surface area contributed by atoms with Crippen LogP contribution in [0.3, 0.4) is 0 Å². The number of ketones is 1. The molecule has 5 nitrogen and oxygen atoms in total. The first-order valence-electron chi connectivity index (χ1n) is 9.70. The van der Waals surface area contributed by atoms with E-state index in [0.717, 1.165) is 16.8 Å². The fourth-order valence-electron chi connectivity index (χ4n) is 3.83. The van der Waals surface area contributed by atoms with Crippen molar-refractivity contribution in [2.75, 3.05) is 6.73 Å². The summed E-state index contributed by atoms with van der Waals surface area (Å²) in [5, 5.41) is 0. The van der Waals surface area contributed by atoms with E-state index in [-0.39, 0.29) is 11.5 Å². The Labute approximate surface area is 173 Å². The van der Waals surface area contributed by atoms with Gasteiger partial charge in [-0.05, 0) is 42.8 Å². The molecule has 0 unspecified atom stereocenters. The number of Topliss-reactive ketones (excluding diaryl/α,β-unsaturated/α-hetero) is 1. The number of halogens is 1. The lowest BCUT2D eigenvalue weighted by atomic mass is 9.98. The van der Waals surface area contributed by atoms with Gasteiger partial charge in [0.25, 0.3) is 0 Å². The van der Waals surface area contributed by atoms with Crippen molar-refractivity contribution >= 4 is 11.9 Å². The van der Waals surface area contributed by atoms with Gasteiger partial charge in [0.05, 0.1) is 16.8 Å². The summed E-state index contributed by atoms with van der Waals surface area (Å²) in [7, 11) is 0. The van der Waals surface area contributed by atoms with Crippen molar-refractivity contribution in [3.63, 3.8) is 0 Å². The molecule has 0 atom stereocenters. The molecule has 3 aromatic rings. The van der Waals surface area contributed by atoms with Gasteiger partial charge in [-0.3, -0.25) is 14.7 Å². The molecule has 2 aliphatic heterocycles. The van der Waals surface area contributed by atoms with Crippen LogP contribution >= 0.6 is 0 Å². The van der Waals surface area contributed by atoms with Crippen LogP contribution in [-0.2, 0) is 13.1 Å². The van der Waals surface area contributed by atoms with Crippen molar-refractivity contribution in [3.05, 3.63) is 94.3 Å². The third-order valence-corrected chi connectivity index (χ3v) is 5.29. The van der Waals surface area contributed by atoms with Crippen LogP contribution in [0.15, 0.2) is 60.5 Å². The molecule has 6 heteroatoms. The summed E-state index contributed by atoms with van der Waals surface area (Å²) in [6, 6.07) is 14.0. The van der Waals surface area contributed by atoms with Gasteiger partial charge < -0.3 is 9.47 Å². The fourth-order valence-corrected chi connectivity index (χ4v) is 3.83. The third-order valence-electron chi connectivity index (χ3n) is 5.29. The highest BCUT2D eigenvalue weighted by molar-refractivity contribution is 6.15. The maximum absolute atomic E-state index is 14.1. The zero-order valence-corrected chi connectivity index (χ0v) is 16.4. The highest BCUT2D eigenvalue weighted by Gasteiger charge is 2.35. The van der Waals surface area contributed by atoms with Gasteiger partial charge in [-0.15, -0.1) is 0 Å². The number of hydrogen-bond acceptors (Lipinski definition) is 5. The molecule has 30 heavy (non-hydrogen) atoms. The Morgan fingerprint density at radius 2 is 2.03 bits per heavy atom. The summed E-state index contributed by atoms with van der Waals surface area (Å²) < 4.78 is 26.0. The lowest BCUT2D eigenvalue weighted by Gasteiger charge is -2.29. The summed E-state index contributed by atoms with van der Waals surface area (Å²) in [6.45, 7) is 3.47. The van der Waals surface area contributed by atoms with Crippen molar-refractivity contribution in [1.29, 1.82) is 0 Å². The zero-order chi connectivity index (χ0) is 20.7. The van der Waals surface area contributed by atoms with E-state index in [1.807, 2.05) is 31.2 Å². The van der Waals surface area contributed by atoms with Gasteiger partial charge in [0.15, 0.2) is 5.76 Å². The largest absolute Gasteiger partial charge is 0.478 e. The average molecular weight is 402 g/mol. The topological polar surface area (TPSA) is 51.7 Å². The Bertz CT molecular complexity index is 1170. The number of fused-ring (bicyclic) bond motifs is 3. The Morgan fingerprint density at radius 3 is 2.83 bits per heavy atom. The minimum atomic E-state index is -0.402. The van der Waals surface area contributed by atoms with E-state index >= 15 is 0 Å². The molecule has 0 radical (unpaired) electrons. The maximum Gasteiger partial charge on any atom is 0.232 e. The number of carbonyl (C=O) groups is 1. The molecule has 3 heterocycles. The van der Waals surface area contributed by atoms with Crippen LogP contribution in [0.4, 0.5) is 4.39 Å². The molecule has 0 bridgehead atoms. The van der Waals surface area contributed by atoms with Crippen LogP contribution in [0.1, 0.15) is 32.7 Å². The van der Waals surface area contributed by atoms with Gasteiger partial charge in [0.1, 0.15) is 24.0 Å². The second-order valence-electron chi connectivity index (χ2n) is 7.42. The first kappa shape index (κ1) is 18.5. The number of aromatic nitrogens is 1. The molecule has 0 saturated carbocycles. The minimum absolute atomic E-state index is 0.119. The number of nitrogens with zero attached hydrogens (tertiary/aromatic N) is 2. The number of rotatable bonds is 3. The molecule has 0 saturated heterocycles. The number of ether oxygens (including phenoxy) is 2. The van der Waals surface area contributed by atoms with E-state index in [1.165, 1.54) is 12.1 Å². The number of carbonyl (C=O) groups excluding carboxylic acids is 1. The first-order valence-corrected chi connectivity index (χ1v) is 9.70. The normalized spacial score (nSPS) is 16.7. The second kappa shape index (κ2) is 7.39. The number of hydrogen-bond donors (Lipinski definition) is 0. The molecule has 0 aliphatic carbocycles. The monoisotopic (exact) mass is 402 g/mol. The molecular weight excluding hydrogens is 383 g/mol. The summed E-state index contributed by atoms with van der Waals surface area (Å²) in [4.78, 5) is 19.5. The second-order valence-corrected chi connectivity index (χ2v) is 7.42. The van der Waals surface area contributed by atoms with Crippen molar-refractivity contribution in [3.8, 4) is 11.5 Å². The Morgan fingerprint density at radius 1 is 1.20 bits per heavy atom. The van der Waals surface area contributed by atoms with E-state index in [2.05, 4.69) is 9.88 Å². The molecule has 2 aliphatic rings. The van der Waals surface area contributed by atoms with Gasteiger partial charge in [-0.2, -0.15) is 0 Å². The summed E-state index contributed by atoms with van der Waals surface area (Å²) in [5.74, 6) is 0.691. The van der Waals surface area contributed by atoms with Crippen LogP contribution in [0, 0.1) is 12.7 Å². The fraction of sp³-hybridized carbons (Fsp3) is 0.167. The first-order chi connectivity index (χ1) is 14.6. The van der Waals surface area contributed by atoms with E-state index in [9.17, 15) is 9.18 Å². The lowest BCUT2D eigenvalue weighted by molar-refractivity contribution is 0.0861. The van der Waals surface area contributed by atoms with Gasteiger partial charge in [0.2, 0.25) is 5.78 Å². The van der Waals surface area contributed by atoms with Gasteiger partial charge in [-0.1, -0.05) is 24.3 Å². The van der Waals surface area contributed by atoms with E-state index in [0.29, 0.717) is 42.4 Å². The van der Waals surface area contributed by atoms with Crippen LogP contribution in [-0.4, -0.2) is 22.4 Å². The number of aryl methyl sites for hydroxylation is 1. The summed E-state index contributed by atoms with van der Waals surface area (Å²) >= 11 is 0. The quantitative estimate of drug-likeness (QED) is 0.604. The van der Waals surface area contributed by atoms with E-state index < -0.39 is 5.82 Å². The molecule has 0 fully saturated rings. The van der Waals surface area contributed by atoms with Crippen molar-refractivity contribution in [2.45, 2.75) is 20.0 Å². The lowest BCUT2D eigenvalue weighted by Crippen LogP contribution is -2.32. The predicted octanol–water partition coefficient (Wildman–Crippen LogP) is 4.50. The smallest absolute Gasteiger partial charge is 0.232 e. The summed E-state index contributed by atoms with van der Waals surface area (Å²) in [6.07, 6.45) is 3.22. The molecular formula is C24H19FN2O3. The number of allylic oxidation sites excluding steroid dienone is 1.